The fraction of sp³-hybridized carbons (Fsp3) is 0.474. The van der Waals surface area contributed by atoms with Gasteiger partial charge in [-0.15, -0.1) is 0 Å². The Hall–Kier alpha value is -3.08. The Morgan fingerprint density at radius 2 is 1.74 bits per heavy atom. The molecule has 0 saturated heterocycles. The first-order valence-corrected chi connectivity index (χ1v) is 8.87. The van der Waals surface area contributed by atoms with Crippen LogP contribution in [0.3, 0.4) is 0 Å². The second-order valence-electron chi connectivity index (χ2n) is 6.42. The number of carbonyl (C=O) groups excluding carboxylic acids is 3. The molecule has 0 aromatic heterocycles. The summed E-state index contributed by atoms with van der Waals surface area (Å²) in [6, 6.07) is 7.72. The van der Waals surface area contributed by atoms with Gasteiger partial charge >= 0.3 is 12.0 Å². The molecule has 0 heterocycles. The second kappa shape index (κ2) is 9.57. The maximum atomic E-state index is 12.1. The van der Waals surface area contributed by atoms with Crippen LogP contribution in [0.2, 0.25) is 0 Å². The van der Waals surface area contributed by atoms with Crippen molar-refractivity contribution in [3.05, 3.63) is 29.8 Å². The van der Waals surface area contributed by atoms with Gasteiger partial charge in [-0.1, -0.05) is 12.8 Å². The van der Waals surface area contributed by atoms with Crippen LogP contribution in [0.5, 0.6) is 5.75 Å². The van der Waals surface area contributed by atoms with Gasteiger partial charge in [0.25, 0.3) is 5.91 Å². The highest BCUT2D eigenvalue weighted by molar-refractivity contribution is 5.97. The summed E-state index contributed by atoms with van der Waals surface area (Å²) < 4.78 is 10.5. The summed E-state index contributed by atoms with van der Waals surface area (Å²) in [5.74, 6) is -1.05. The molecule has 2 atom stereocenters. The highest BCUT2D eigenvalue weighted by atomic mass is 16.6. The van der Waals surface area contributed by atoms with Crippen LogP contribution in [0.25, 0.3) is 0 Å². The van der Waals surface area contributed by atoms with E-state index in [0.29, 0.717) is 11.3 Å². The lowest BCUT2D eigenvalue weighted by molar-refractivity contribution is -0.160. The van der Waals surface area contributed by atoms with Gasteiger partial charge < -0.3 is 14.8 Å². The molecule has 1 aromatic carbocycles. The van der Waals surface area contributed by atoms with E-state index >= 15 is 0 Å². The topological polar surface area (TPSA) is 118 Å². The predicted octanol–water partition coefficient (Wildman–Crippen LogP) is 2.03. The van der Waals surface area contributed by atoms with Crippen molar-refractivity contribution >= 4 is 17.9 Å². The van der Waals surface area contributed by atoms with Gasteiger partial charge in [0.15, 0.2) is 12.2 Å². The summed E-state index contributed by atoms with van der Waals surface area (Å²) in [5, 5.41) is 13.7. The third-order valence-corrected chi connectivity index (χ3v) is 4.22. The molecule has 1 fully saturated rings. The summed E-state index contributed by atoms with van der Waals surface area (Å²) in [4.78, 5) is 35.9. The highest BCUT2D eigenvalue weighted by Gasteiger charge is 2.25. The molecule has 0 bridgehead atoms. The summed E-state index contributed by atoms with van der Waals surface area (Å²) in [5.41, 5.74) is 0.471. The van der Waals surface area contributed by atoms with Crippen molar-refractivity contribution in [2.24, 2.45) is 0 Å². The minimum atomic E-state index is -1.14. The minimum Gasteiger partial charge on any atom is -0.479 e. The molecule has 0 spiro atoms. The van der Waals surface area contributed by atoms with Crippen LogP contribution >= 0.6 is 0 Å². The number of ether oxygens (including phenoxy) is 2. The SMILES string of the molecule is C[C@H](OC(=O)[C@@H](C)Oc1ccc(C#N)cc1)C(=O)NC(=O)NC1CCCC1. The number of hydrogen-bond donors (Lipinski definition) is 2. The molecule has 2 N–H and O–H groups in total. The molecule has 1 aromatic rings. The molecule has 1 saturated carbocycles. The number of hydrogen-bond acceptors (Lipinski definition) is 6. The largest absolute Gasteiger partial charge is 0.479 e. The monoisotopic (exact) mass is 373 g/mol. The van der Waals surface area contributed by atoms with E-state index in [1.165, 1.54) is 13.8 Å². The number of benzene rings is 1. The van der Waals surface area contributed by atoms with E-state index in [9.17, 15) is 14.4 Å². The van der Waals surface area contributed by atoms with E-state index in [1.807, 2.05) is 6.07 Å². The van der Waals surface area contributed by atoms with Gasteiger partial charge in [-0.05, 0) is 51.0 Å². The zero-order valence-corrected chi connectivity index (χ0v) is 15.4. The Balaban J connectivity index is 1.77. The van der Waals surface area contributed by atoms with Crippen molar-refractivity contribution in [1.82, 2.24) is 10.6 Å². The Labute approximate surface area is 157 Å². The third kappa shape index (κ3) is 6.29. The molecule has 2 rings (SSSR count). The lowest BCUT2D eigenvalue weighted by Crippen LogP contribution is -2.47. The predicted molar refractivity (Wildman–Crippen MR) is 95.7 cm³/mol. The molecule has 0 aliphatic heterocycles. The smallest absolute Gasteiger partial charge is 0.347 e. The van der Waals surface area contributed by atoms with Crippen molar-refractivity contribution in [2.45, 2.75) is 57.8 Å². The zero-order valence-electron chi connectivity index (χ0n) is 15.4. The van der Waals surface area contributed by atoms with E-state index < -0.39 is 30.1 Å². The quantitative estimate of drug-likeness (QED) is 0.737. The number of nitrogens with one attached hydrogen (secondary N) is 2. The van der Waals surface area contributed by atoms with Crippen LogP contribution in [0.15, 0.2) is 24.3 Å². The summed E-state index contributed by atoms with van der Waals surface area (Å²) in [7, 11) is 0. The van der Waals surface area contributed by atoms with E-state index in [2.05, 4.69) is 10.6 Å². The maximum Gasteiger partial charge on any atom is 0.347 e. The second-order valence-corrected chi connectivity index (χ2v) is 6.42. The summed E-state index contributed by atoms with van der Waals surface area (Å²) >= 11 is 0. The molecule has 1 aliphatic carbocycles. The number of urea groups is 1. The Kier molecular flexibility index (Phi) is 7.17. The summed E-state index contributed by atoms with van der Waals surface area (Å²) in [6.07, 6.45) is 1.82. The number of esters is 1. The molecular weight excluding hydrogens is 350 g/mol. The van der Waals surface area contributed by atoms with Crippen LogP contribution in [0.4, 0.5) is 4.79 Å². The molecular formula is C19H23N3O5. The first-order valence-electron chi connectivity index (χ1n) is 8.87. The van der Waals surface area contributed by atoms with Crippen molar-refractivity contribution in [3.8, 4) is 11.8 Å². The van der Waals surface area contributed by atoms with Gasteiger partial charge in [0.05, 0.1) is 11.6 Å². The first-order chi connectivity index (χ1) is 12.9. The molecule has 0 radical (unpaired) electrons. The van der Waals surface area contributed by atoms with Crippen LogP contribution in [0.1, 0.15) is 45.1 Å². The molecule has 144 valence electrons. The average Bonchev–Trinajstić information content (AvgIpc) is 3.14. The Bertz CT molecular complexity index is 720. The molecule has 3 amide bonds. The standard InChI is InChI=1S/C19H23N3O5/c1-12(17(23)22-19(25)21-15-5-3-4-6-15)27-18(24)13(2)26-16-9-7-14(11-20)8-10-16/h7-10,12-13,15H,3-6H2,1-2H3,(H2,21,22,23,25)/t12-,13+/m0/s1. The van der Waals surface area contributed by atoms with Gasteiger partial charge in [-0.3, -0.25) is 10.1 Å². The number of nitrogens with zero attached hydrogens (tertiary/aromatic N) is 1. The number of carbonyl (C=O) groups is 3. The minimum absolute atomic E-state index is 0.0801. The lowest BCUT2D eigenvalue weighted by atomic mass is 10.2. The number of amides is 3. The van der Waals surface area contributed by atoms with Crippen molar-refractivity contribution in [2.75, 3.05) is 0 Å². The first kappa shape index (κ1) is 20.2. The Morgan fingerprint density at radius 3 is 2.33 bits per heavy atom. The third-order valence-electron chi connectivity index (χ3n) is 4.22. The van der Waals surface area contributed by atoms with Crippen LogP contribution in [0, 0.1) is 11.3 Å². The number of nitriles is 1. The van der Waals surface area contributed by atoms with Gasteiger partial charge in [-0.2, -0.15) is 5.26 Å². The normalized spacial score (nSPS) is 15.9. The van der Waals surface area contributed by atoms with E-state index in [-0.39, 0.29) is 6.04 Å². The molecule has 0 unspecified atom stereocenters. The highest BCUT2D eigenvalue weighted by Crippen LogP contribution is 2.17. The van der Waals surface area contributed by atoms with Crippen LogP contribution < -0.4 is 15.4 Å². The summed E-state index contributed by atoms with van der Waals surface area (Å²) in [6.45, 7) is 2.86. The average molecular weight is 373 g/mol. The maximum absolute atomic E-state index is 12.1. The van der Waals surface area contributed by atoms with Crippen LogP contribution in [-0.4, -0.2) is 36.2 Å². The number of imide groups is 1. The van der Waals surface area contributed by atoms with Crippen LogP contribution in [-0.2, 0) is 14.3 Å². The Morgan fingerprint density at radius 1 is 1.11 bits per heavy atom. The van der Waals surface area contributed by atoms with Crippen molar-refractivity contribution in [3.63, 3.8) is 0 Å². The number of rotatable bonds is 6. The molecule has 8 nitrogen and oxygen atoms in total. The van der Waals surface area contributed by atoms with Gasteiger partial charge in [0, 0.05) is 6.04 Å². The van der Waals surface area contributed by atoms with E-state index in [4.69, 9.17) is 14.7 Å². The van der Waals surface area contributed by atoms with Crippen molar-refractivity contribution in [1.29, 1.82) is 5.26 Å². The van der Waals surface area contributed by atoms with E-state index in [0.717, 1.165) is 25.7 Å². The van der Waals surface area contributed by atoms with Crippen molar-refractivity contribution < 1.29 is 23.9 Å². The molecule has 27 heavy (non-hydrogen) atoms. The van der Waals surface area contributed by atoms with Gasteiger partial charge in [0.2, 0.25) is 0 Å². The zero-order chi connectivity index (χ0) is 19.8. The molecule has 8 heteroatoms. The van der Waals surface area contributed by atoms with Gasteiger partial charge in [-0.25, -0.2) is 9.59 Å². The fourth-order valence-corrected chi connectivity index (χ4v) is 2.69. The molecule has 1 aliphatic rings. The van der Waals surface area contributed by atoms with E-state index in [1.54, 1.807) is 24.3 Å². The van der Waals surface area contributed by atoms with Gasteiger partial charge in [0.1, 0.15) is 5.75 Å². The fourth-order valence-electron chi connectivity index (χ4n) is 2.69. The lowest BCUT2D eigenvalue weighted by Gasteiger charge is -2.18.